The molecule has 0 aliphatic heterocycles. The van der Waals surface area contributed by atoms with Crippen LogP contribution in [0.1, 0.15) is 26.5 Å². The van der Waals surface area contributed by atoms with Crippen molar-refractivity contribution >= 4 is 15.7 Å². The van der Waals surface area contributed by atoms with Gasteiger partial charge in [-0.05, 0) is 24.3 Å². The van der Waals surface area contributed by atoms with Crippen LogP contribution in [0.2, 0.25) is 0 Å². The van der Waals surface area contributed by atoms with E-state index in [9.17, 15) is 13.5 Å². The van der Waals surface area contributed by atoms with Gasteiger partial charge in [-0.25, -0.2) is 8.42 Å². The number of phenolic OH excluding ortho intramolecular Hbond substituents is 1. The molecule has 0 saturated heterocycles. The fourth-order valence-electron chi connectivity index (χ4n) is 1.92. The van der Waals surface area contributed by atoms with Crippen LogP contribution in [0.15, 0.2) is 35.4 Å². The molecule has 114 valence electrons. The molecule has 1 heterocycles. The van der Waals surface area contributed by atoms with Gasteiger partial charge < -0.3 is 5.11 Å². The molecule has 0 spiro atoms. The van der Waals surface area contributed by atoms with Crippen LogP contribution in [0.4, 0.5) is 5.69 Å². The Morgan fingerprint density at radius 1 is 1.19 bits per heavy atom. The lowest BCUT2D eigenvalue weighted by Crippen LogP contribution is -2.20. The molecule has 0 aliphatic carbocycles. The highest BCUT2D eigenvalue weighted by molar-refractivity contribution is 7.92. The Morgan fingerprint density at radius 2 is 1.76 bits per heavy atom. The summed E-state index contributed by atoms with van der Waals surface area (Å²) >= 11 is 0. The number of nitrogens with one attached hydrogen (secondary N) is 1. The minimum absolute atomic E-state index is 0.0784. The molecule has 0 radical (unpaired) electrons. The molecule has 1 aromatic carbocycles. The summed E-state index contributed by atoms with van der Waals surface area (Å²) in [7, 11) is -2.04. The largest absolute Gasteiger partial charge is 0.508 e. The van der Waals surface area contributed by atoms with E-state index in [4.69, 9.17) is 0 Å². The van der Waals surface area contributed by atoms with Crippen molar-refractivity contribution in [3.63, 3.8) is 0 Å². The maximum absolute atomic E-state index is 12.5. The zero-order valence-corrected chi connectivity index (χ0v) is 13.3. The SMILES string of the molecule is Cn1cc(S(=O)(=O)Nc2ccc(O)cc2)c(C(C)(C)C)n1. The average Bonchev–Trinajstić information content (AvgIpc) is 2.75. The molecule has 0 unspecified atom stereocenters. The Balaban J connectivity index is 2.43. The first-order valence-electron chi connectivity index (χ1n) is 6.45. The normalized spacial score (nSPS) is 12.4. The molecular weight excluding hydrogens is 290 g/mol. The van der Waals surface area contributed by atoms with Crippen LogP contribution in [0.5, 0.6) is 5.75 Å². The van der Waals surface area contributed by atoms with Crippen LogP contribution in [-0.2, 0) is 22.5 Å². The van der Waals surface area contributed by atoms with Gasteiger partial charge in [-0.15, -0.1) is 0 Å². The zero-order chi connectivity index (χ0) is 15.8. The van der Waals surface area contributed by atoms with Gasteiger partial charge in [-0.1, -0.05) is 20.8 Å². The number of nitrogens with zero attached hydrogens (tertiary/aromatic N) is 2. The number of aromatic hydroxyl groups is 1. The highest BCUT2D eigenvalue weighted by Crippen LogP contribution is 2.28. The quantitative estimate of drug-likeness (QED) is 0.852. The van der Waals surface area contributed by atoms with Crippen molar-refractivity contribution in [1.29, 1.82) is 0 Å². The van der Waals surface area contributed by atoms with Gasteiger partial charge in [0.1, 0.15) is 10.6 Å². The van der Waals surface area contributed by atoms with E-state index in [1.54, 1.807) is 7.05 Å². The van der Waals surface area contributed by atoms with Crippen molar-refractivity contribution < 1.29 is 13.5 Å². The number of aromatic nitrogens is 2. The van der Waals surface area contributed by atoms with Crippen molar-refractivity contribution in [2.24, 2.45) is 7.05 Å². The second kappa shape index (κ2) is 5.07. The Morgan fingerprint density at radius 3 is 2.29 bits per heavy atom. The van der Waals surface area contributed by atoms with Gasteiger partial charge in [0.15, 0.2) is 0 Å². The molecule has 21 heavy (non-hydrogen) atoms. The van der Waals surface area contributed by atoms with Gasteiger partial charge in [0, 0.05) is 24.3 Å². The Labute approximate surface area is 124 Å². The van der Waals surface area contributed by atoms with Crippen LogP contribution >= 0.6 is 0 Å². The lowest BCUT2D eigenvalue weighted by molar-refractivity contribution is 0.475. The molecule has 2 rings (SSSR count). The van der Waals surface area contributed by atoms with E-state index in [1.807, 2.05) is 20.8 Å². The number of hydrogen-bond donors (Lipinski definition) is 2. The van der Waals surface area contributed by atoms with Gasteiger partial charge in [0.2, 0.25) is 0 Å². The van der Waals surface area contributed by atoms with Crippen LogP contribution in [0.3, 0.4) is 0 Å². The van der Waals surface area contributed by atoms with Crippen molar-refractivity contribution in [1.82, 2.24) is 9.78 Å². The third kappa shape index (κ3) is 3.36. The zero-order valence-electron chi connectivity index (χ0n) is 12.5. The lowest BCUT2D eigenvalue weighted by atomic mass is 9.92. The summed E-state index contributed by atoms with van der Waals surface area (Å²) in [5, 5.41) is 13.5. The van der Waals surface area contributed by atoms with E-state index in [0.717, 1.165) is 0 Å². The van der Waals surface area contributed by atoms with Crippen molar-refractivity contribution in [2.75, 3.05) is 4.72 Å². The van der Waals surface area contributed by atoms with Crippen LogP contribution < -0.4 is 4.72 Å². The minimum atomic E-state index is -3.73. The molecule has 2 aromatic rings. The first-order valence-corrected chi connectivity index (χ1v) is 7.94. The number of benzene rings is 1. The number of rotatable bonds is 3. The Bertz CT molecular complexity index is 741. The van der Waals surface area contributed by atoms with Gasteiger partial charge >= 0.3 is 0 Å². The molecule has 1 aromatic heterocycles. The fourth-order valence-corrected chi connectivity index (χ4v) is 3.37. The number of hydrogen-bond acceptors (Lipinski definition) is 4. The predicted molar refractivity (Wildman–Crippen MR) is 80.8 cm³/mol. The van der Waals surface area contributed by atoms with E-state index in [1.165, 1.54) is 35.1 Å². The van der Waals surface area contributed by atoms with Crippen molar-refractivity contribution in [3.8, 4) is 5.75 Å². The first kappa shape index (κ1) is 15.4. The monoisotopic (exact) mass is 309 g/mol. The number of phenols is 1. The van der Waals surface area contributed by atoms with Crippen LogP contribution in [0, 0.1) is 0 Å². The number of anilines is 1. The molecule has 0 fully saturated rings. The van der Waals surface area contributed by atoms with E-state index >= 15 is 0 Å². The van der Waals surface area contributed by atoms with Gasteiger partial charge in [0.25, 0.3) is 10.0 Å². The highest BCUT2D eigenvalue weighted by atomic mass is 32.2. The predicted octanol–water partition coefficient (Wildman–Crippen LogP) is 2.22. The third-order valence-corrected chi connectivity index (χ3v) is 4.30. The van der Waals surface area contributed by atoms with E-state index in [2.05, 4.69) is 9.82 Å². The van der Waals surface area contributed by atoms with Gasteiger partial charge in [0.05, 0.1) is 5.69 Å². The van der Waals surface area contributed by atoms with Crippen molar-refractivity contribution in [2.45, 2.75) is 31.1 Å². The number of sulfonamides is 1. The minimum Gasteiger partial charge on any atom is -0.508 e. The molecule has 0 bridgehead atoms. The summed E-state index contributed by atoms with van der Waals surface area (Å²) in [5.74, 6) is 0.0784. The smallest absolute Gasteiger partial charge is 0.265 e. The maximum Gasteiger partial charge on any atom is 0.265 e. The summed E-state index contributed by atoms with van der Waals surface area (Å²) in [6, 6.07) is 5.84. The standard InChI is InChI=1S/C14H19N3O3S/c1-14(2,3)13-12(9-17(4)15-13)21(19,20)16-10-5-7-11(18)8-6-10/h5-9,16,18H,1-4H3. The van der Waals surface area contributed by atoms with Crippen LogP contribution in [-0.4, -0.2) is 23.3 Å². The van der Waals surface area contributed by atoms with E-state index < -0.39 is 10.0 Å². The average molecular weight is 309 g/mol. The van der Waals surface area contributed by atoms with Crippen molar-refractivity contribution in [3.05, 3.63) is 36.2 Å². The summed E-state index contributed by atoms with van der Waals surface area (Å²) in [5.41, 5.74) is 0.508. The van der Waals surface area contributed by atoms with Gasteiger partial charge in [-0.3, -0.25) is 9.40 Å². The second-order valence-electron chi connectivity index (χ2n) is 5.92. The molecule has 2 N–H and O–H groups in total. The summed E-state index contributed by atoms with van der Waals surface area (Å²) in [6.07, 6.45) is 1.49. The maximum atomic E-state index is 12.5. The molecule has 0 saturated carbocycles. The summed E-state index contributed by atoms with van der Waals surface area (Å²) in [4.78, 5) is 0.158. The van der Waals surface area contributed by atoms with E-state index in [-0.39, 0.29) is 16.1 Å². The molecule has 7 heteroatoms. The highest BCUT2D eigenvalue weighted by Gasteiger charge is 2.29. The summed E-state index contributed by atoms with van der Waals surface area (Å²) < 4.78 is 29.1. The molecule has 6 nitrogen and oxygen atoms in total. The third-order valence-electron chi connectivity index (χ3n) is 2.91. The summed E-state index contributed by atoms with van der Waals surface area (Å²) in [6.45, 7) is 5.73. The fraction of sp³-hybridized carbons (Fsp3) is 0.357. The topological polar surface area (TPSA) is 84.2 Å². The lowest BCUT2D eigenvalue weighted by Gasteiger charge is -2.17. The molecule has 0 amide bonds. The van der Waals surface area contributed by atoms with Gasteiger partial charge in [-0.2, -0.15) is 5.10 Å². The molecule has 0 aliphatic rings. The first-order chi connectivity index (χ1) is 9.59. The molecule has 0 atom stereocenters. The second-order valence-corrected chi connectivity index (χ2v) is 7.57. The Kier molecular flexibility index (Phi) is 3.71. The van der Waals surface area contributed by atoms with Crippen LogP contribution in [0.25, 0.3) is 0 Å². The van der Waals surface area contributed by atoms with E-state index in [0.29, 0.717) is 11.4 Å². The molecular formula is C14H19N3O3S. The number of aryl methyl sites for hydroxylation is 1. The Hall–Kier alpha value is -2.02.